The number of rotatable bonds is 9. The molecule has 2 nitrogen and oxygen atoms in total. The average Bonchev–Trinajstić information content (AvgIpc) is 2.10. The van der Waals surface area contributed by atoms with Gasteiger partial charge in [0, 0.05) is 6.42 Å². The number of nitrogens with two attached hydrogens (primary N) is 1. The van der Waals surface area contributed by atoms with Gasteiger partial charge < -0.3 is 5.73 Å². The molecule has 84 valence electrons. The fourth-order valence-corrected chi connectivity index (χ4v) is 1.72. The lowest BCUT2D eigenvalue weighted by molar-refractivity contribution is -0.118. The highest BCUT2D eigenvalue weighted by Gasteiger charge is 2.04. The fourth-order valence-electron chi connectivity index (χ4n) is 1.72. The highest BCUT2D eigenvalue weighted by Crippen LogP contribution is 2.14. The maximum Gasteiger partial charge on any atom is 0.217 e. The maximum atomic E-state index is 10.6. The Morgan fingerprint density at radius 3 is 2.29 bits per heavy atom. The largest absolute Gasteiger partial charge is 0.370 e. The van der Waals surface area contributed by atoms with Crippen molar-refractivity contribution in [1.82, 2.24) is 0 Å². The van der Waals surface area contributed by atoms with Crippen LogP contribution in [0.4, 0.5) is 0 Å². The molecule has 0 saturated carbocycles. The van der Waals surface area contributed by atoms with Crippen molar-refractivity contribution in [1.29, 1.82) is 0 Å². The number of hydrogen-bond donors (Lipinski definition) is 1. The van der Waals surface area contributed by atoms with Crippen LogP contribution in [-0.2, 0) is 4.79 Å². The summed E-state index contributed by atoms with van der Waals surface area (Å²) in [6, 6.07) is 0. The van der Waals surface area contributed by atoms with Gasteiger partial charge in [0.15, 0.2) is 0 Å². The smallest absolute Gasteiger partial charge is 0.217 e. The highest BCUT2D eigenvalue weighted by molar-refractivity contribution is 5.73. The Morgan fingerprint density at radius 2 is 1.71 bits per heavy atom. The molecule has 1 atom stereocenters. The van der Waals surface area contributed by atoms with Gasteiger partial charge in [-0.1, -0.05) is 58.8 Å². The summed E-state index contributed by atoms with van der Waals surface area (Å²) in [5.41, 5.74) is 5.12. The van der Waals surface area contributed by atoms with Crippen molar-refractivity contribution in [3.63, 3.8) is 0 Å². The van der Waals surface area contributed by atoms with Crippen molar-refractivity contribution in [3.8, 4) is 0 Å². The second-order valence-corrected chi connectivity index (χ2v) is 4.33. The normalized spacial score (nSPS) is 12.7. The summed E-state index contributed by atoms with van der Waals surface area (Å²) in [6.45, 7) is 4.34. The van der Waals surface area contributed by atoms with Crippen LogP contribution in [0.1, 0.15) is 65.2 Å². The summed E-state index contributed by atoms with van der Waals surface area (Å²) >= 11 is 0. The third-order valence-electron chi connectivity index (χ3n) is 2.60. The van der Waals surface area contributed by atoms with Crippen LogP contribution in [0, 0.1) is 5.92 Å². The number of unbranched alkanes of at least 4 members (excludes halogenated alkanes) is 5. The van der Waals surface area contributed by atoms with Gasteiger partial charge in [0.1, 0.15) is 0 Å². The van der Waals surface area contributed by atoms with Crippen LogP contribution < -0.4 is 5.73 Å². The molecule has 0 radical (unpaired) electrons. The van der Waals surface area contributed by atoms with Crippen molar-refractivity contribution in [2.45, 2.75) is 65.2 Å². The first-order valence-corrected chi connectivity index (χ1v) is 5.95. The molecule has 2 heteroatoms. The van der Waals surface area contributed by atoms with Crippen molar-refractivity contribution in [2.24, 2.45) is 11.7 Å². The Labute approximate surface area is 88.3 Å². The van der Waals surface area contributed by atoms with E-state index in [-0.39, 0.29) is 5.91 Å². The second-order valence-electron chi connectivity index (χ2n) is 4.33. The van der Waals surface area contributed by atoms with Crippen molar-refractivity contribution in [2.75, 3.05) is 0 Å². The zero-order valence-corrected chi connectivity index (χ0v) is 9.72. The van der Waals surface area contributed by atoms with Gasteiger partial charge in [-0.15, -0.1) is 0 Å². The molecule has 0 saturated heterocycles. The molecule has 0 spiro atoms. The SMILES string of the molecule is CCCCCCCC[C@@H](C)CC(N)=O. The Balaban J connectivity index is 3.14. The molecule has 0 aromatic rings. The molecule has 0 aliphatic carbocycles. The molecule has 14 heavy (non-hydrogen) atoms. The van der Waals surface area contributed by atoms with Gasteiger partial charge in [-0.25, -0.2) is 0 Å². The summed E-state index contributed by atoms with van der Waals surface area (Å²) in [6.07, 6.45) is 9.62. The van der Waals surface area contributed by atoms with E-state index in [0.29, 0.717) is 12.3 Å². The minimum Gasteiger partial charge on any atom is -0.370 e. The first-order valence-electron chi connectivity index (χ1n) is 5.95. The molecular formula is C12H25NO. The Bertz CT molecular complexity index is 145. The topological polar surface area (TPSA) is 43.1 Å². The molecule has 0 bridgehead atoms. The summed E-state index contributed by atoms with van der Waals surface area (Å²) < 4.78 is 0. The third-order valence-corrected chi connectivity index (χ3v) is 2.60. The molecule has 0 aliphatic heterocycles. The average molecular weight is 199 g/mol. The number of hydrogen-bond acceptors (Lipinski definition) is 1. The highest BCUT2D eigenvalue weighted by atomic mass is 16.1. The van der Waals surface area contributed by atoms with Crippen molar-refractivity contribution >= 4 is 5.91 Å². The molecule has 0 unspecified atom stereocenters. The lowest BCUT2D eigenvalue weighted by Crippen LogP contribution is -2.14. The summed E-state index contributed by atoms with van der Waals surface area (Å²) in [5, 5.41) is 0. The van der Waals surface area contributed by atoms with E-state index in [1.54, 1.807) is 0 Å². The maximum absolute atomic E-state index is 10.6. The van der Waals surface area contributed by atoms with Crippen LogP contribution in [-0.4, -0.2) is 5.91 Å². The predicted molar refractivity (Wildman–Crippen MR) is 61.0 cm³/mol. The van der Waals surface area contributed by atoms with Gasteiger partial charge in [0.2, 0.25) is 5.91 Å². The van der Waals surface area contributed by atoms with Crippen LogP contribution in [0.25, 0.3) is 0 Å². The zero-order valence-electron chi connectivity index (χ0n) is 9.72. The van der Waals surface area contributed by atoms with E-state index in [1.807, 2.05) is 0 Å². The van der Waals surface area contributed by atoms with Crippen LogP contribution in [0.5, 0.6) is 0 Å². The van der Waals surface area contributed by atoms with E-state index in [4.69, 9.17) is 5.73 Å². The Kier molecular flexibility index (Phi) is 8.70. The van der Waals surface area contributed by atoms with Crippen LogP contribution in [0.2, 0.25) is 0 Å². The third kappa shape index (κ3) is 9.56. The minimum absolute atomic E-state index is 0.163. The molecule has 0 aliphatic rings. The zero-order chi connectivity index (χ0) is 10.8. The van der Waals surface area contributed by atoms with Gasteiger partial charge in [-0.2, -0.15) is 0 Å². The molecule has 0 aromatic carbocycles. The van der Waals surface area contributed by atoms with E-state index < -0.39 is 0 Å². The quantitative estimate of drug-likeness (QED) is 0.569. The van der Waals surface area contributed by atoms with Gasteiger partial charge in [-0.3, -0.25) is 4.79 Å². The molecule has 0 aromatic heterocycles. The minimum atomic E-state index is -0.163. The Morgan fingerprint density at radius 1 is 1.14 bits per heavy atom. The van der Waals surface area contributed by atoms with Gasteiger partial charge >= 0.3 is 0 Å². The van der Waals surface area contributed by atoms with E-state index in [1.165, 1.54) is 38.5 Å². The lowest BCUT2D eigenvalue weighted by atomic mass is 9.99. The molecule has 0 fully saturated rings. The fraction of sp³-hybridized carbons (Fsp3) is 0.917. The molecule has 0 heterocycles. The van der Waals surface area contributed by atoms with Crippen molar-refractivity contribution in [3.05, 3.63) is 0 Å². The standard InChI is InChI=1S/C12H25NO/c1-3-4-5-6-7-8-9-11(2)10-12(13)14/h11H,3-10H2,1-2H3,(H2,13,14)/t11-/m1/s1. The molecule has 2 N–H and O–H groups in total. The first-order chi connectivity index (χ1) is 6.66. The molecular weight excluding hydrogens is 174 g/mol. The molecule has 1 amide bonds. The van der Waals surface area contributed by atoms with Crippen LogP contribution >= 0.6 is 0 Å². The Hall–Kier alpha value is -0.530. The summed E-state index contributed by atoms with van der Waals surface area (Å²) in [5.74, 6) is 0.308. The van der Waals surface area contributed by atoms with E-state index in [9.17, 15) is 4.79 Å². The summed E-state index contributed by atoms with van der Waals surface area (Å²) in [4.78, 5) is 10.6. The number of amides is 1. The van der Waals surface area contributed by atoms with Crippen molar-refractivity contribution < 1.29 is 4.79 Å². The molecule has 0 rings (SSSR count). The van der Waals surface area contributed by atoms with Gasteiger partial charge in [0.25, 0.3) is 0 Å². The number of primary amides is 1. The van der Waals surface area contributed by atoms with Gasteiger partial charge in [-0.05, 0) is 5.92 Å². The number of carbonyl (C=O) groups excluding carboxylic acids is 1. The lowest BCUT2D eigenvalue weighted by Gasteiger charge is -2.08. The monoisotopic (exact) mass is 199 g/mol. The van der Waals surface area contributed by atoms with E-state index in [2.05, 4.69) is 13.8 Å². The number of carbonyl (C=O) groups is 1. The van der Waals surface area contributed by atoms with E-state index >= 15 is 0 Å². The predicted octanol–water partition coefficient (Wildman–Crippen LogP) is 3.25. The van der Waals surface area contributed by atoms with Gasteiger partial charge in [0.05, 0.1) is 0 Å². The van der Waals surface area contributed by atoms with Crippen LogP contribution in [0.15, 0.2) is 0 Å². The van der Waals surface area contributed by atoms with Crippen LogP contribution in [0.3, 0.4) is 0 Å². The summed E-state index contributed by atoms with van der Waals surface area (Å²) in [7, 11) is 0. The van der Waals surface area contributed by atoms with E-state index in [0.717, 1.165) is 6.42 Å². The second kappa shape index (κ2) is 9.04. The first kappa shape index (κ1) is 13.5.